The van der Waals surface area contributed by atoms with Crippen LogP contribution in [0.3, 0.4) is 0 Å². The zero-order valence-corrected chi connectivity index (χ0v) is 12.4. The Morgan fingerprint density at radius 2 is 1.52 bits per heavy atom. The van der Waals surface area contributed by atoms with E-state index in [1.807, 2.05) is 0 Å². The molecule has 1 heterocycles. The Labute approximate surface area is 138 Å². The van der Waals surface area contributed by atoms with Gasteiger partial charge in [-0.3, -0.25) is 0 Å². The Morgan fingerprint density at radius 3 is 2.00 bits per heavy atom. The summed E-state index contributed by atoms with van der Waals surface area (Å²) >= 11 is 0. The zero-order valence-electron chi connectivity index (χ0n) is 12.4. The number of halogens is 7. The molecule has 1 aliphatic heterocycles. The van der Waals surface area contributed by atoms with E-state index in [1.165, 1.54) is 11.0 Å². The predicted octanol–water partition coefficient (Wildman–Crippen LogP) is 4.87. The lowest BCUT2D eigenvalue weighted by Crippen LogP contribution is -2.58. The zero-order chi connectivity index (χ0) is 18.9. The van der Waals surface area contributed by atoms with E-state index in [-0.39, 0.29) is 6.54 Å². The minimum Gasteiger partial charge on any atom is -0.349 e. The lowest BCUT2D eigenvalue weighted by molar-refractivity contribution is -0.350. The second kappa shape index (κ2) is 6.43. The fourth-order valence-corrected chi connectivity index (χ4v) is 2.45. The van der Waals surface area contributed by atoms with E-state index in [2.05, 4.69) is 0 Å². The molecule has 0 fully saturated rings. The van der Waals surface area contributed by atoms with Crippen LogP contribution in [0.2, 0.25) is 0 Å². The molecule has 0 amide bonds. The van der Waals surface area contributed by atoms with Crippen molar-refractivity contribution in [3.8, 4) is 6.07 Å². The van der Waals surface area contributed by atoms with Crippen LogP contribution in [-0.2, 0) is 6.54 Å². The summed E-state index contributed by atoms with van der Waals surface area (Å²) in [6, 6.07) is 9.74. The first-order chi connectivity index (χ1) is 11.5. The van der Waals surface area contributed by atoms with Gasteiger partial charge in [-0.1, -0.05) is 36.4 Å². The molecule has 0 bridgehead atoms. The van der Waals surface area contributed by atoms with Crippen molar-refractivity contribution in [2.24, 2.45) is 5.92 Å². The number of hydrogen-bond acceptors (Lipinski definition) is 2. The Kier molecular flexibility index (Phi) is 4.84. The second-order valence-corrected chi connectivity index (χ2v) is 5.38. The van der Waals surface area contributed by atoms with Gasteiger partial charge in [0.2, 0.25) is 0 Å². The van der Waals surface area contributed by atoms with Gasteiger partial charge in [0.05, 0.1) is 17.6 Å². The van der Waals surface area contributed by atoms with Gasteiger partial charge in [-0.25, -0.2) is 4.39 Å². The van der Waals surface area contributed by atoms with Crippen LogP contribution >= 0.6 is 0 Å². The largest absolute Gasteiger partial charge is 0.432 e. The lowest BCUT2D eigenvalue weighted by Gasteiger charge is -2.37. The summed E-state index contributed by atoms with van der Waals surface area (Å²) in [6.07, 6.45) is -10.3. The van der Waals surface area contributed by atoms with Crippen LogP contribution in [0, 0.1) is 17.2 Å². The van der Waals surface area contributed by atoms with Crippen LogP contribution in [-0.4, -0.2) is 22.9 Å². The number of allylic oxidation sites excluding steroid dienone is 2. The SMILES string of the molecule is N#CC1=CN(Cc2ccccc2)C=CC1C(F)(C(F)(F)F)C(F)(F)F. The van der Waals surface area contributed by atoms with Crippen molar-refractivity contribution in [2.75, 3.05) is 0 Å². The van der Waals surface area contributed by atoms with E-state index in [0.717, 1.165) is 12.4 Å². The molecular weight excluding hydrogens is 353 g/mol. The van der Waals surface area contributed by atoms with Crippen molar-refractivity contribution in [2.45, 2.75) is 24.6 Å². The van der Waals surface area contributed by atoms with Crippen LogP contribution in [0.25, 0.3) is 0 Å². The monoisotopic (exact) mass is 364 g/mol. The average molecular weight is 364 g/mol. The Balaban J connectivity index is 2.37. The maximum Gasteiger partial charge on any atom is 0.432 e. The Bertz CT molecular complexity index is 697. The van der Waals surface area contributed by atoms with Crippen LogP contribution in [0.5, 0.6) is 0 Å². The second-order valence-electron chi connectivity index (χ2n) is 5.38. The third-order valence-corrected chi connectivity index (χ3v) is 3.70. The van der Waals surface area contributed by atoms with Crippen molar-refractivity contribution in [3.63, 3.8) is 0 Å². The standard InChI is InChI=1S/C16H11F7N2/c17-14(15(18,19)20,16(21,22)23)13-6-7-25(10-12(13)8-24)9-11-4-2-1-3-5-11/h1-7,10,13H,9H2. The first kappa shape index (κ1) is 18.8. The molecule has 1 aromatic carbocycles. The normalized spacial score (nSPS) is 18.7. The lowest BCUT2D eigenvalue weighted by atomic mass is 9.81. The summed E-state index contributed by atoms with van der Waals surface area (Å²) in [4.78, 5) is 1.22. The Morgan fingerprint density at radius 1 is 0.960 bits per heavy atom. The van der Waals surface area contributed by atoms with Gasteiger partial charge in [-0.2, -0.15) is 31.6 Å². The molecule has 0 saturated carbocycles. The van der Waals surface area contributed by atoms with Gasteiger partial charge in [0.25, 0.3) is 0 Å². The summed E-state index contributed by atoms with van der Waals surface area (Å²) in [6.45, 7) is 0.104. The molecule has 0 aromatic heterocycles. The molecule has 1 unspecified atom stereocenters. The molecule has 2 rings (SSSR count). The fourth-order valence-electron chi connectivity index (χ4n) is 2.45. The molecule has 1 aliphatic rings. The van der Waals surface area contributed by atoms with Crippen molar-refractivity contribution in [3.05, 3.63) is 59.9 Å². The number of benzene rings is 1. The summed E-state index contributed by atoms with van der Waals surface area (Å²) in [5.74, 6) is -2.80. The van der Waals surface area contributed by atoms with Crippen LogP contribution in [0.4, 0.5) is 30.7 Å². The fraction of sp³-hybridized carbons (Fsp3) is 0.312. The van der Waals surface area contributed by atoms with Crippen molar-refractivity contribution >= 4 is 0 Å². The van der Waals surface area contributed by atoms with Gasteiger partial charge in [-0.05, 0) is 5.56 Å². The summed E-state index contributed by atoms with van der Waals surface area (Å²) < 4.78 is 91.3. The van der Waals surface area contributed by atoms with Crippen molar-refractivity contribution in [1.29, 1.82) is 5.26 Å². The topological polar surface area (TPSA) is 27.0 Å². The third kappa shape index (κ3) is 3.48. The molecule has 0 saturated heterocycles. The van der Waals surface area contributed by atoms with Gasteiger partial charge >= 0.3 is 18.0 Å². The predicted molar refractivity (Wildman–Crippen MR) is 74.3 cm³/mol. The van der Waals surface area contributed by atoms with Crippen LogP contribution in [0.1, 0.15) is 5.56 Å². The molecule has 9 heteroatoms. The summed E-state index contributed by atoms with van der Waals surface area (Å²) in [7, 11) is 0. The van der Waals surface area contributed by atoms with Gasteiger partial charge in [0.1, 0.15) is 0 Å². The first-order valence-corrected chi connectivity index (χ1v) is 6.93. The van der Waals surface area contributed by atoms with E-state index in [4.69, 9.17) is 5.26 Å². The molecule has 25 heavy (non-hydrogen) atoms. The molecule has 0 aliphatic carbocycles. The van der Waals surface area contributed by atoms with E-state index in [9.17, 15) is 30.7 Å². The first-order valence-electron chi connectivity index (χ1n) is 6.93. The van der Waals surface area contributed by atoms with Gasteiger partial charge in [0.15, 0.2) is 0 Å². The van der Waals surface area contributed by atoms with Crippen molar-refractivity contribution in [1.82, 2.24) is 4.90 Å². The highest BCUT2D eigenvalue weighted by Gasteiger charge is 2.76. The minimum atomic E-state index is -6.22. The van der Waals surface area contributed by atoms with Crippen molar-refractivity contribution < 1.29 is 30.7 Å². The molecule has 0 spiro atoms. The number of rotatable bonds is 3. The highest BCUT2D eigenvalue weighted by molar-refractivity contribution is 5.36. The molecule has 0 N–H and O–H groups in total. The molecule has 1 aromatic rings. The Hall–Kier alpha value is -2.50. The minimum absolute atomic E-state index is 0.104. The third-order valence-electron chi connectivity index (χ3n) is 3.70. The number of nitrogens with zero attached hydrogens (tertiary/aromatic N) is 2. The number of nitriles is 1. The summed E-state index contributed by atoms with van der Waals surface area (Å²) in [5.41, 5.74) is -5.80. The number of alkyl halides is 7. The quantitative estimate of drug-likeness (QED) is 0.716. The van der Waals surface area contributed by atoms with Crippen LogP contribution in [0.15, 0.2) is 54.4 Å². The molecule has 1 atom stereocenters. The molecule has 134 valence electrons. The van der Waals surface area contributed by atoms with Crippen LogP contribution < -0.4 is 0 Å². The van der Waals surface area contributed by atoms with E-state index >= 15 is 0 Å². The highest BCUT2D eigenvalue weighted by atomic mass is 19.4. The van der Waals surface area contributed by atoms with E-state index in [1.54, 1.807) is 30.3 Å². The van der Waals surface area contributed by atoms with Gasteiger partial charge < -0.3 is 4.90 Å². The molecule has 0 radical (unpaired) electrons. The maximum atomic E-state index is 14.2. The molecule has 2 nitrogen and oxygen atoms in total. The smallest absolute Gasteiger partial charge is 0.349 e. The molecular formula is C16H11F7N2. The number of hydrogen-bond donors (Lipinski definition) is 0. The van der Waals surface area contributed by atoms with E-state index < -0.39 is 29.5 Å². The van der Waals surface area contributed by atoms with Gasteiger partial charge in [0, 0.05) is 18.9 Å². The van der Waals surface area contributed by atoms with Gasteiger partial charge in [-0.15, -0.1) is 0 Å². The average Bonchev–Trinajstić information content (AvgIpc) is 2.53. The summed E-state index contributed by atoms with van der Waals surface area (Å²) in [5, 5.41) is 8.96. The highest BCUT2D eigenvalue weighted by Crippen LogP contribution is 2.53. The maximum absolute atomic E-state index is 14.2. The van der Waals surface area contributed by atoms with E-state index in [0.29, 0.717) is 11.6 Å².